The van der Waals surface area contributed by atoms with Gasteiger partial charge in [-0.15, -0.1) is 0 Å². The summed E-state index contributed by atoms with van der Waals surface area (Å²) >= 11 is 0. The molecule has 2 unspecified atom stereocenters. The molecular formula is C17H21N6O14P3. The van der Waals surface area contributed by atoms with Gasteiger partial charge in [-0.05, 0) is 12.1 Å². The van der Waals surface area contributed by atoms with Crippen LogP contribution in [0.5, 0.6) is 0 Å². The lowest BCUT2D eigenvalue weighted by Crippen LogP contribution is -2.38. The summed E-state index contributed by atoms with van der Waals surface area (Å²) < 4.78 is 59.0. The standard InChI is InChI=1S/C17H21N6O14P3/c18-9-4-2-1-3-8(9)17(25)35-13-10(5-33-39(29,30)37-40(31,32)36-38(26,27)28)34-16(12(13)24)23-7-22-11-14(19)20-6-21-15(11)23/h1-4,6-7,10,12-13,16,24H,5,18H2,(H,29,30)(H,31,32)(H2,19,20,21)(H2,26,27,28)/t10-,12-,13-,16-/m1/s1. The van der Waals surface area contributed by atoms with Crippen molar-refractivity contribution in [1.82, 2.24) is 19.5 Å². The Balaban J connectivity index is 1.59. The molecule has 0 aliphatic carbocycles. The summed E-state index contributed by atoms with van der Waals surface area (Å²) in [4.78, 5) is 61.2. The zero-order valence-electron chi connectivity index (χ0n) is 19.7. The molecule has 3 heterocycles. The Bertz CT molecular complexity index is 1560. The van der Waals surface area contributed by atoms with Gasteiger partial charge in [-0.1, -0.05) is 12.1 Å². The number of aliphatic hydroxyl groups excluding tert-OH is 1. The first-order chi connectivity index (χ1) is 18.6. The third-order valence-corrected chi connectivity index (χ3v) is 9.01. The number of fused-ring (bicyclic) bond motifs is 1. The summed E-state index contributed by atoms with van der Waals surface area (Å²) in [5.74, 6) is -1.01. The molecule has 0 amide bonds. The van der Waals surface area contributed by atoms with Crippen LogP contribution in [0.3, 0.4) is 0 Å². The highest BCUT2D eigenvalue weighted by molar-refractivity contribution is 7.66. The number of nitrogen functional groups attached to an aromatic ring is 2. The van der Waals surface area contributed by atoms with Gasteiger partial charge in [-0.25, -0.2) is 33.4 Å². The summed E-state index contributed by atoms with van der Waals surface area (Å²) in [5.41, 5.74) is 11.8. The number of carbonyl (C=O) groups excluding carboxylic acids is 1. The Morgan fingerprint density at radius 1 is 1.02 bits per heavy atom. The number of rotatable bonds is 10. The molecular weight excluding hydrogens is 605 g/mol. The van der Waals surface area contributed by atoms with Crippen LogP contribution in [0.1, 0.15) is 16.6 Å². The van der Waals surface area contributed by atoms with E-state index in [-0.39, 0.29) is 28.2 Å². The van der Waals surface area contributed by atoms with E-state index in [1.807, 2.05) is 0 Å². The quantitative estimate of drug-likeness (QED) is 0.0871. The molecule has 0 radical (unpaired) electrons. The van der Waals surface area contributed by atoms with Crippen LogP contribution in [0.2, 0.25) is 0 Å². The minimum atomic E-state index is -5.81. The molecule has 1 saturated heterocycles. The molecule has 1 fully saturated rings. The highest BCUT2D eigenvalue weighted by Crippen LogP contribution is 2.66. The second-order valence-electron chi connectivity index (χ2n) is 7.98. The monoisotopic (exact) mass is 626 g/mol. The van der Waals surface area contributed by atoms with Crippen LogP contribution in [-0.2, 0) is 36.3 Å². The average Bonchev–Trinajstić information content (AvgIpc) is 3.38. The van der Waals surface area contributed by atoms with Gasteiger partial charge >= 0.3 is 29.4 Å². The fourth-order valence-electron chi connectivity index (χ4n) is 3.63. The van der Waals surface area contributed by atoms with Crippen LogP contribution in [0.15, 0.2) is 36.9 Å². The highest BCUT2D eigenvalue weighted by Gasteiger charge is 2.49. The summed E-state index contributed by atoms with van der Waals surface area (Å²) in [7, 11) is -17.0. The Kier molecular flexibility index (Phi) is 8.45. The zero-order valence-corrected chi connectivity index (χ0v) is 22.4. The smallest absolute Gasteiger partial charge is 0.453 e. The summed E-state index contributed by atoms with van der Waals surface area (Å²) in [6, 6.07) is 5.79. The number of nitrogens with zero attached hydrogens (tertiary/aromatic N) is 4. The lowest BCUT2D eigenvalue weighted by Gasteiger charge is -2.22. The molecule has 20 nitrogen and oxygen atoms in total. The van der Waals surface area contributed by atoms with Crippen LogP contribution >= 0.6 is 23.5 Å². The normalized spacial score (nSPS) is 24.4. The summed E-state index contributed by atoms with van der Waals surface area (Å²) in [6.07, 6.45) is -3.99. The Morgan fingerprint density at radius 2 is 1.73 bits per heavy atom. The first kappa shape index (κ1) is 30.1. The summed E-state index contributed by atoms with van der Waals surface area (Å²) in [5, 5.41) is 11.1. The highest BCUT2D eigenvalue weighted by atomic mass is 31.3. The number of carbonyl (C=O) groups is 1. The van der Waals surface area contributed by atoms with Gasteiger partial charge in [-0.3, -0.25) is 9.09 Å². The van der Waals surface area contributed by atoms with Crippen LogP contribution in [-0.4, -0.2) is 75.1 Å². The molecule has 23 heteroatoms. The molecule has 2 aromatic heterocycles. The van der Waals surface area contributed by atoms with Crippen molar-refractivity contribution in [2.24, 2.45) is 0 Å². The van der Waals surface area contributed by atoms with Gasteiger partial charge in [0.25, 0.3) is 0 Å². The van der Waals surface area contributed by atoms with Gasteiger partial charge in [0.2, 0.25) is 0 Å². The SMILES string of the molecule is Nc1ccccc1C(=O)O[C@H]1[C@@H](O)[C@H](n2cnc3c(N)ncnc32)O[C@@H]1COP(=O)(O)OP(=O)(O)OP(=O)(O)O. The third-order valence-electron chi connectivity index (χ3n) is 5.21. The van der Waals surface area contributed by atoms with E-state index in [2.05, 4.69) is 28.1 Å². The average molecular weight is 626 g/mol. The number of aromatic nitrogens is 4. The van der Waals surface area contributed by atoms with Crippen molar-refractivity contribution in [3.8, 4) is 0 Å². The lowest BCUT2D eigenvalue weighted by molar-refractivity contribution is -0.0520. The number of phosphoric acid groups is 3. The maximum Gasteiger partial charge on any atom is 0.490 e. The number of phosphoric ester groups is 1. The maximum absolute atomic E-state index is 12.8. The van der Waals surface area contributed by atoms with Gasteiger partial charge in [-0.2, -0.15) is 8.62 Å². The fraction of sp³-hybridized carbons (Fsp3) is 0.294. The number of para-hydroxylation sites is 1. The predicted octanol–water partition coefficient (Wildman–Crippen LogP) is -0.182. The number of imidazole rings is 1. The molecule has 9 N–H and O–H groups in total. The predicted molar refractivity (Wildman–Crippen MR) is 130 cm³/mol. The molecule has 0 spiro atoms. The molecule has 6 atom stereocenters. The van der Waals surface area contributed by atoms with E-state index < -0.39 is 60.6 Å². The van der Waals surface area contributed by atoms with Crippen LogP contribution in [0, 0.1) is 0 Å². The molecule has 0 saturated carbocycles. The number of hydrogen-bond acceptors (Lipinski definition) is 15. The number of benzene rings is 1. The third kappa shape index (κ3) is 6.90. The molecule has 1 aliphatic heterocycles. The minimum Gasteiger partial charge on any atom is -0.453 e. The van der Waals surface area contributed by atoms with Gasteiger partial charge < -0.3 is 45.6 Å². The molecule has 3 aromatic rings. The first-order valence-electron chi connectivity index (χ1n) is 10.7. The number of anilines is 2. The number of esters is 1. The zero-order chi connectivity index (χ0) is 29.5. The molecule has 4 rings (SSSR count). The molecule has 218 valence electrons. The van der Waals surface area contributed by atoms with Gasteiger partial charge in [0.1, 0.15) is 24.1 Å². The second-order valence-corrected chi connectivity index (χ2v) is 12.4. The fourth-order valence-corrected chi connectivity index (χ4v) is 6.66. The number of ether oxygens (including phenoxy) is 2. The lowest BCUT2D eigenvalue weighted by atomic mass is 10.1. The van der Waals surface area contributed by atoms with E-state index in [0.717, 1.165) is 6.33 Å². The first-order valence-corrected chi connectivity index (χ1v) is 15.2. The Labute approximate surface area is 222 Å². The summed E-state index contributed by atoms with van der Waals surface area (Å²) in [6.45, 7) is -1.04. The molecule has 1 aliphatic rings. The number of hydrogen-bond donors (Lipinski definition) is 7. The van der Waals surface area contributed by atoms with E-state index in [0.29, 0.717) is 0 Å². The van der Waals surface area contributed by atoms with E-state index >= 15 is 0 Å². The van der Waals surface area contributed by atoms with Crippen molar-refractivity contribution in [3.63, 3.8) is 0 Å². The van der Waals surface area contributed by atoms with Crippen molar-refractivity contribution in [2.75, 3.05) is 18.1 Å². The minimum absolute atomic E-state index is 0.00276. The van der Waals surface area contributed by atoms with Crippen molar-refractivity contribution in [2.45, 2.75) is 24.5 Å². The molecule has 1 aromatic carbocycles. The van der Waals surface area contributed by atoms with Crippen LogP contribution < -0.4 is 11.5 Å². The Hall–Kier alpha value is -2.83. The molecule has 40 heavy (non-hydrogen) atoms. The van der Waals surface area contributed by atoms with Gasteiger partial charge in [0.15, 0.2) is 23.8 Å². The van der Waals surface area contributed by atoms with Gasteiger partial charge in [0.05, 0.1) is 18.5 Å². The van der Waals surface area contributed by atoms with Crippen LogP contribution in [0.4, 0.5) is 11.5 Å². The molecule has 0 bridgehead atoms. The maximum atomic E-state index is 12.8. The number of nitrogens with two attached hydrogens (primary N) is 2. The second kappa shape index (κ2) is 11.2. The number of aliphatic hydroxyl groups is 1. The topological polar surface area (TPSA) is 311 Å². The van der Waals surface area contributed by atoms with Crippen molar-refractivity contribution in [1.29, 1.82) is 0 Å². The van der Waals surface area contributed by atoms with Crippen molar-refractivity contribution < 1.29 is 65.8 Å². The van der Waals surface area contributed by atoms with Crippen LogP contribution in [0.25, 0.3) is 11.2 Å². The van der Waals surface area contributed by atoms with Gasteiger partial charge in [0, 0.05) is 5.69 Å². The van der Waals surface area contributed by atoms with Crippen molar-refractivity contribution >= 4 is 52.1 Å². The van der Waals surface area contributed by atoms with E-state index in [9.17, 15) is 33.4 Å². The largest absolute Gasteiger partial charge is 0.490 e. The van der Waals surface area contributed by atoms with E-state index in [1.165, 1.54) is 29.1 Å². The van der Waals surface area contributed by atoms with E-state index in [1.54, 1.807) is 6.07 Å². The Morgan fingerprint density at radius 3 is 2.40 bits per heavy atom. The van der Waals surface area contributed by atoms with E-state index in [4.69, 9.17) is 30.7 Å². The van der Waals surface area contributed by atoms with Crippen molar-refractivity contribution in [3.05, 3.63) is 42.5 Å².